The van der Waals surface area contributed by atoms with E-state index in [9.17, 15) is 4.79 Å². The van der Waals surface area contributed by atoms with E-state index in [1.54, 1.807) is 7.11 Å². The van der Waals surface area contributed by atoms with Crippen LogP contribution in [0.5, 0.6) is 5.75 Å². The van der Waals surface area contributed by atoms with Gasteiger partial charge in [0, 0.05) is 24.4 Å². The van der Waals surface area contributed by atoms with E-state index in [2.05, 4.69) is 6.58 Å². The first kappa shape index (κ1) is 13.9. The van der Waals surface area contributed by atoms with Gasteiger partial charge in [-0.2, -0.15) is 0 Å². The molecule has 1 heterocycles. The molecule has 0 spiro atoms. The monoisotopic (exact) mass is 271 g/mol. The predicted octanol–water partition coefficient (Wildman–Crippen LogP) is 2.89. The van der Waals surface area contributed by atoms with Gasteiger partial charge in [0.1, 0.15) is 5.75 Å². The first-order valence-electron chi connectivity index (χ1n) is 6.16. The summed E-state index contributed by atoms with van der Waals surface area (Å²) in [5, 5.41) is 0. The largest absolute Gasteiger partial charge is 0.496 e. The van der Waals surface area contributed by atoms with Crippen molar-refractivity contribution in [3.8, 4) is 16.9 Å². The van der Waals surface area contributed by atoms with Crippen molar-refractivity contribution in [2.45, 2.75) is 0 Å². The first-order chi connectivity index (χ1) is 9.60. The van der Waals surface area contributed by atoms with Gasteiger partial charge in [0.25, 0.3) is 0 Å². The van der Waals surface area contributed by atoms with Gasteiger partial charge in [-0.15, -0.1) is 0 Å². The summed E-state index contributed by atoms with van der Waals surface area (Å²) in [6.45, 7) is 3.83. The van der Waals surface area contributed by atoms with Crippen LogP contribution in [0.1, 0.15) is 5.69 Å². The molecule has 0 aliphatic carbocycles. The quantitative estimate of drug-likeness (QED) is 0.634. The van der Waals surface area contributed by atoms with E-state index in [1.165, 1.54) is 7.11 Å². The molecular formula is C16H17NO3. The number of esters is 1. The second-order valence-corrected chi connectivity index (χ2v) is 4.36. The fraction of sp³-hybridized carbons (Fsp3) is 0.188. The van der Waals surface area contributed by atoms with Crippen LogP contribution in [0.2, 0.25) is 0 Å². The molecule has 0 amide bonds. The summed E-state index contributed by atoms with van der Waals surface area (Å²) in [5.41, 5.74) is 2.85. The fourth-order valence-electron chi connectivity index (χ4n) is 2.21. The van der Waals surface area contributed by atoms with Crippen molar-refractivity contribution in [1.29, 1.82) is 0 Å². The molecule has 1 aromatic carbocycles. The molecule has 0 fully saturated rings. The number of rotatable bonds is 4. The zero-order valence-corrected chi connectivity index (χ0v) is 11.8. The van der Waals surface area contributed by atoms with E-state index in [1.807, 2.05) is 48.1 Å². The highest BCUT2D eigenvalue weighted by Gasteiger charge is 2.19. The number of aromatic nitrogens is 1. The van der Waals surface area contributed by atoms with Crippen LogP contribution in [-0.4, -0.2) is 24.8 Å². The lowest BCUT2D eigenvalue weighted by atomic mass is 10.0. The summed E-state index contributed by atoms with van der Waals surface area (Å²) < 4.78 is 12.0. The summed E-state index contributed by atoms with van der Waals surface area (Å²) in [6.07, 6.45) is 1.88. The Morgan fingerprint density at radius 3 is 2.50 bits per heavy atom. The Hall–Kier alpha value is -2.49. The van der Waals surface area contributed by atoms with Crippen LogP contribution in [0.25, 0.3) is 16.7 Å². The van der Waals surface area contributed by atoms with E-state index in [0.29, 0.717) is 5.57 Å². The molecular weight excluding hydrogens is 254 g/mol. The highest BCUT2D eigenvalue weighted by molar-refractivity contribution is 6.17. The molecule has 0 radical (unpaired) electrons. The third kappa shape index (κ3) is 2.32. The van der Waals surface area contributed by atoms with Gasteiger partial charge in [-0.1, -0.05) is 24.8 Å². The minimum atomic E-state index is -0.442. The number of hydrogen-bond donors (Lipinski definition) is 0. The molecule has 1 aromatic heterocycles. The maximum Gasteiger partial charge on any atom is 0.339 e. The lowest BCUT2D eigenvalue weighted by Gasteiger charge is -2.12. The van der Waals surface area contributed by atoms with Crippen molar-refractivity contribution < 1.29 is 14.3 Å². The van der Waals surface area contributed by atoms with Crippen LogP contribution in [-0.2, 0) is 16.6 Å². The maximum atomic E-state index is 11.7. The van der Waals surface area contributed by atoms with Gasteiger partial charge in [-0.3, -0.25) is 0 Å². The van der Waals surface area contributed by atoms with Crippen LogP contribution in [0, 0.1) is 0 Å². The molecule has 0 atom stereocenters. The summed E-state index contributed by atoms with van der Waals surface area (Å²) in [4.78, 5) is 11.7. The van der Waals surface area contributed by atoms with Gasteiger partial charge in [0.2, 0.25) is 0 Å². The highest BCUT2D eigenvalue weighted by Crippen LogP contribution is 2.35. The lowest BCUT2D eigenvalue weighted by molar-refractivity contribution is -0.133. The molecule has 4 nitrogen and oxygen atoms in total. The number of benzene rings is 1. The van der Waals surface area contributed by atoms with Crippen molar-refractivity contribution in [3.63, 3.8) is 0 Å². The van der Waals surface area contributed by atoms with Gasteiger partial charge < -0.3 is 14.0 Å². The van der Waals surface area contributed by atoms with Gasteiger partial charge in [-0.05, 0) is 12.1 Å². The highest BCUT2D eigenvalue weighted by atomic mass is 16.5. The number of carbonyl (C=O) groups is 1. The molecule has 0 saturated carbocycles. The van der Waals surface area contributed by atoms with Gasteiger partial charge >= 0.3 is 5.97 Å². The van der Waals surface area contributed by atoms with Crippen molar-refractivity contribution in [2.24, 2.45) is 7.05 Å². The van der Waals surface area contributed by atoms with E-state index in [-0.39, 0.29) is 0 Å². The smallest absolute Gasteiger partial charge is 0.339 e. The number of para-hydroxylation sites is 1. The number of methoxy groups -OCH3 is 2. The SMILES string of the molecule is C=C(C(=O)OC)c1c(-c2ccccc2OC)ccn1C. The third-order valence-corrected chi connectivity index (χ3v) is 3.19. The molecule has 0 saturated heterocycles. The minimum Gasteiger partial charge on any atom is -0.496 e. The zero-order valence-electron chi connectivity index (χ0n) is 11.8. The molecule has 104 valence electrons. The number of nitrogens with zero attached hydrogens (tertiary/aromatic N) is 1. The average Bonchev–Trinajstić information content (AvgIpc) is 2.87. The Morgan fingerprint density at radius 1 is 1.15 bits per heavy atom. The molecule has 0 bridgehead atoms. The summed E-state index contributed by atoms with van der Waals surface area (Å²) in [7, 11) is 4.83. The van der Waals surface area contributed by atoms with Crippen LogP contribution in [0.4, 0.5) is 0 Å². The molecule has 0 N–H and O–H groups in total. The molecule has 0 aliphatic heterocycles. The topological polar surface area (TPSA) is 40.5 Å². The normalized spacial score (nSPS) is 10.2. The Morgan fingerprint density at radius 2 is 1.85 bits per heavy atom. The van der Waals surface area contributed by atoms with Gasteiger partial charge in [-0.25, -0.2) is 4.79 Å². The van der Waals surface area contributed by atoms with Crippen molar-refractivity contribution >= 4 is 11.5 Å². The Kier molecular flexibility index (Phi) is 3.94. The van der Waals surface area contributed by atoms with Crippen LogP contribution < -0.4 is 4.74 Å². The summed E-state index contributed by atoms with van der Waals surface area (Å²) >= 11 is 0. The van der Waals surface area contributed by atoms with E-state index in [0.717, 1.165) is 22.6 Å². The number of carbonyl (C=O) groups excluding carboxylic acids is 1. The molecule has 20 heavy (non-hydrogen) atoms. The Balaban J connectivity index is 2.59. The van der Waals surface area contributed by atoms with E-state index in [4.69, 9.17) is 9.47 Å². The van der Waals surface area contributed by atoms with Crippen LogP contribution in [0.15, 0.2) is 43.1 Å². The maximum absolute atomic E-state index is 11.7. The predicted molar refractivity (Wildman–Crippen MR) is 78.5 cm³/mol. The van der Waals surface area contributed by atoms with Crippen LogP contribution in [0.3, 0.4) is 0 Å². The second kappa shape index (κ2) is 5.65. The van der Waals surface area contributed by atoms with Gasteiger partial charge in [0.05, 0.1) is 25.5 Å². The summed E-state index contributed by atoms with van der Waals surface area (Å²) in [6, 6.07) is 9.59. The van der Waals surface area contributed by atoms with Crippen LogP contribution >= 0.6 is 0 Å². The second-order valence-electron chi connectivity index (χ2n) is 4.36. The molecule has 0 aliphatic rings. The zero-order chi connectivity index (χ0) is 14.7. The van der Waals surface area contributed by atoms with Crippen molar-refractivity contribution in [1.82, 2.24) is 4.57 Å². The first-order valence-corrected chi connectivity index (χ1v) is 6.16. The molecule has 2 rings (SSSR count). The fourth-order valence-corrected chi connectivity index (χ4v) is 2.21. The number of ether oxygens (including phenoxy) is 2. The third-order valence-electron chi connectivity index (χ3n) is 3.19. The Bertz CT molecular complexity index is 655. The minimum absolute atomic E-state index is 0.320. The molecule has 2 aromatic rings. The van der Waals surface area contributed by atoms with Crippen molar-refractivity contribution in [2.75, 3.05) is 14.2 Å². The van der Waals surface area contributed by atoms with E-state index < -0.39 is 5.97 Å². The average molecular weight is 271 g/mol. The molecule has 4 heteroatoms. The number of hydrogen-bond acceptors (Lipinski definition) is 3. The lowest BCUT2D eigenvalue weighted by Crippen LogP contribution is -2.07. The van der Waals surface area contributed by atoms with Gasteiger partial charge in [0.15, 0.2) is 0 Å². The molecule has 0 unspecified atom stereocenters. The van der Waals surface area contributed by atoms with E-state index >= 15 is 0 Å². The summed E-state index contributed by atoms with van der Waals surface area (Å²) in [5.74, 6) is 0.306. The Labute approximate surface area is 118 Å². The van der Waals surface area contributed by atoms with Crippen molar-refractivity contribution in [3.05, 3.63) is 48.8 Å². The number of aryl methyl sites for hydroxylation is 1. The standard InChI is InChI=1S/C16H17NO3/c1-11(16(18)20-4)15-13(9-10-17(15)2)12-7-5-6-8-14(12)19-3/h5-10H,1H2,2-4H3.